The number of aromatic amines is 2. The van der Waals surface area contributed by atoms with Gasteiger partial charge in [-0.3, -0.25) is 14.7 Å². The van der Waals surface area contributed by atoms with Crippen molar-refractivity contribution in [3.05, 3.63) is 66.9 Å². The maximum atomic E-state index is 12.1. The predicted octanol–water partition coefficient (Wildman–Crippen LogP) is 2.38. The Morgan fingerprint density at radius 3 is 2.67 bits per heavy atom. The van der Waals surface area contributed by atoms with Crippen LogP contribution in [0.1, 0.15) is 29.2 Å². The van der Waals surface area contributed by atoms with Gasteiger partial charge in [-0.1, -0.05) is 11.6 Å². The molecule has 0 amide bonds. The lowest BCUT2D eigenvalue weighted by atomic mass is 9.87. The molecule has 8 heteroatoms. The highest BCUT2D eigenvalue weighted by Crippen LogP contribution is 2.33. The van der Waals surface area contributed by atoms with Crippen LogP contribution in [0.15, 0.2) is 38.3 Å². The average molecular weight is 349 g/mol. The van der Waals surface area contributed by atoms with E-state index in [1.165, 1.54) is 12.1 Å². The SMILES string of the molecule is Cc1[nH][nH]c(=O)c1C(CC(=O)O)c1cc(=O)oc2ccc(Cl)cc12. The van der Waals surface area contributed by atoms with E-state index in [2.05, 4.69) is 10.2 Å². The Labute approximate surface area is 139 Å². The van der Waals surface area contributed by atoms with Crippen molar-refractivity contribution in [1.82, 2.24) is 10.2 Å². The standard InChI is InChI=1S/C16H13ClN2O5/c1-7-15(16(23)19-18-7)11(5-13(20)21)9-6-14(22)24-12-3-2-8(17)4-10(9)12/h2-4,6,11H,5H2,1H3,(H,20,21)(H2,18,19,23). The van der Waals surface area contributed by atoms with Gasteiger partial charge in [-0.2, -0.15) is 0 Å². The van der Waals surface area contributed by atoms with Gasteiger partial charge in [-0.05, 0) is 30.7 Å². The molecule has 1 atom stereocenters. The molecule has 1 aromatic carbocycles. The Morgan fingerprint density at radius 1 is 1.29 bits per heavy atom. The van der Waals surface area contributed by atoms with E-state index in [1.54, 1.807) is 19.1 Å². The first-order chi connectivity index (χ1) is 11.4. The van der Waals surface area contributed by atoms with Gasteiger partial charge < -0.3 is 14.6 Å². The van der Waals surface area contributed by atoms with Crippen LogP contribution in [-0.2, 0) is 4.79 Å². The Balaban J connectivity index is 2.35. The van der Waals surface area contributed by atoms with Gasteiger partial charge in [0.15, 0.2) is 0 Å². The van der Waals surface area contributed by atoms with Crippen LogP contribution in [0.25, 0.3) is 11.0 Å². The zero-order chi connectivity index (χ0) is 17.4. The molecule has 124 valence electrons. The molecule has 0 aliphatic rings. The van der Waals surface area contributed by atoms with Crippen molar-refractivity contribution in [1.29, 1.82) is 0 Å². The number of nitrogens with one attached hydrogen (secondary N) is 2. The number of benzene rings is 1. The van der Waals surface area contributed by atoms with Gasteiger partial charge in [0, 0.05) is 33.7 Å². The second kappa shape index (κ2) is 6.01. The van der Waals surface area contributed by atoms with Crippen LogP contribution in [0.5, 0.6) is 0 Å². The van der Waals surface area contributed by atoms with Crippen molar-refractivity contribution in [2.45, 2.75) is 19.3 Å². The number of fused-ring (bicyclic) bond motifs is 1. The summed E-state index contributed by atoms with van der Waals surface area (Å²) in [4.78, 5) is 35.3. The molecule has 0 aliphatic heterocycles. The molecule has 0 saturated heterocycles. The van der Waals surface area contributed by atoms with Crippen molar-refractivity contribution in [3.63, 3.8) is 0 Å². The third-order valence-electron chi connectivity index (χ3n) is 3.85. The number of hydrogen-bond acceptors (Lipinski definition) is 4. The van der Waals surface area contributed by atoms with Crippen molar-refractivity contribution in [2.75, 3.05) is 0 Å². The van der Waals surface area contributed by atoms with E-state index >= 15 is 0 Å². The maximum absolute atomic E-state index is 12.1. The molecule has 0 bridgehead atoms. The normalized spacial score (nSPS) is 12.4. The van der Waals surface area contributed by atoms with Gasteiger partial charge in [-0.25, -0.2) is 4.79 Å². The Bertz CT molecular complexity index is 1050. The fourth-order valence-corrected chi connectivity index (χ4v) is 3.04. The molecular weight excluding hydrogens is 336 g/mol. The average Bonchev–Trinajstić information content (AvgIpc) is 2.83. The number of aromatic nitrogens is 2. The molecular formula is C16H13ClN2O5. The van der Waals surface area contributed by atoms with E-state index < -0.39 is 23.1 Å². The zero-order valence-corrected chi connectivity index (χ0v) is 13.3. The smallest absolute Gasteiger partial charge is 0.336 e. The molecule has 2 heterocycles. The quantitative estimate of drug-likeness (QED) is 0.626. The number of halogens is 1. The topological polar surface area (TPSA) is 116 Å². The third-order valence-corrected chi connectivity index (χ3v) is 4.09. The molecule has 3 rings (SSSR count). The summed E-state index contributed by atoms with van der Waals surface area (Å²) in [5.74, 6) is -1.91. The Kier molecular flexibility index (Phi) is 4.02. The van der Waals surface area contributed by atoms with Crippen LogP contribution in [0.2, 0.25) is 5.02 Å². The highest BCUT2D eigenvalue weighted by Gasteiger charge is 2.26. The van der Waals surface area contributed by atoms with Gasteiger partial charge in [0.25, 0.3) is 5.56 Å². The van der Waals surface area contributed by atoms with E-state index in [-0.39, 0.29) is 17.6 Å². The van der Waals surface area contributed by atoms with Crippen molar-refractivity contribution in [3.8, 4) is 0 Å². The highest BCUT2D eigenvalue weighted by molar-refractivity contribution is 6.31. The summed E-state index contributed by atoms with van der Waals surface area (Å²) in [6.07, 6.45) is -0.354. The maximum Gasteiger partial charge on any atom is 0.336 e. The second-order valence-electron chi connectivity index (χ2n) is 5.43. The van der Waals surface area contributed by atoms with Crippen LogP contribution < -0.4 is 11.2 Å². The number of hydrogen-bond donors (Lipinski definition) is 3. The first kappa shape index (κ1) is 16.1. The number of carboxylic acids is 1. The summed E-state index contributed by atoms with van der Waals surface area (Å²) in [5, 5.41) is 15.3. The number of aryl methyl sites for hydroxylation is 1. The Morgan fingerprint density at radius 2 is 2.04 bits per heavy atom. The summed E-state index contributed by atoms with van der Waals surface area (Å²) in [5.41, 5.74) is 0.391. The lowest BCUT2D eigenvalue weighted by Gasteiger charge is -2.16. The van der Waals surface area contributed by atoms with E-state index in [0.717, 1.165) is 0 Å². The first-order valence-electron chi connectivity index (χ1n) is 7.09. The molecule has 0 radical (unpaired) electrons. The minimum absolute atomic E-state index is 0.268. The van der Waals surface area contributed by atoms with Crippen molar-refractivity contribution < 1.29 is 14.3 Å². The molecule has 0 spiro atoms. The lowest BCUT2D eigenvalue weighted by molar-refractivity contribution is -0.137. The number of aliphatic carboxylic acids is 1. The molecule has 24 heavy (non-hydrogen) atoms. The monoisotopic (exact) mass is 348 g/mol. The number of rotatable bonds is 4. The number of carbonyl (C=O) groups is 1. The van der Waals surface area contributed by atoms with Crippen molar-refractivity contribution >= 4 is 28.5 Å². The van der Waals surface area contributed by atoms with E-state index in [0.29, 0.717) is 21.7 Å². The Hall–Kier alpha value is -2.80. The van der Waals surface area contributed by atoms with Crippen LogP contribution in [0.4, 0.5) is 0 Å². The van der Waals surface area contributed by atoms with Gasteiger partial charge in [0.05, 0.1) is 6.42 Å². The van der Waals surface area contributed by atoms with Crippen LogP contribution in [0.3, 0.4) is 0 Å². The summed E-state index contributed by atoms with van der Waals surface area (Å²) in [6.45, 7) is 1.66. The summed E-state index contributed by atoms with van der Waals surface area (Å²) < 4.78 is 5.13. The van der Waals surface area contributed by atoms with Gasteiger partial charge in [0.1, 0.15) is 5.58 Å². The van der Waals surface area contributed by atoms with Crippen LogP contribution >= 0.6 is 11.6 Å². The fraction of sp³-hybridized carbons (Fsp3) is 0.188. The molecule has 0 fully saturated rings. The molecule has 3 N–H and O–H groups in total. The number of H-pyrrole nitrogens is 2. The largest absolute Gasteiger partial charge is 0.481 e. The van der Waals surface area contributed by atoms with Crippen LogP contribution in [0, 0.1) is 6.92 Å². The van der Waals surface area contributed by atoms with Crippen LogP contribution in [-0.4, -0.2) is 21.3 Å². The molecule has 7 nitrogen and oxygen atoms in total. The minimum Gasteiger partial charge on any atom is -0.481 e. The molecule has 1 unspecified atom stereocenters. The van der Waals surface area contributed by atoms with Crippen molar-refractivity contribution in [2.24, 2.45) is 0 Å². The van der Waals surface area contributed by atoms with E-state index in [9.17, 15) is 19.5 Å². The summed E-state index contributed by atoms with van der Waals surface area (Å²) >= 11 is 6.02. The third kappa shape index (κ3) is 2.85. The summed E-state index contributed by atoms with van der Waals surface area (Å²) in [7, 11) is 0. The predicted molar refractivity (Wildman–Crippen MR) is 87.7 cm³/mol. The van der Waals surface area contributed by atoms with E-state index in [1.807, 2.05) is 0 Å². The highest BCUT2D eigenvalue weighted by atomic mass is 35.5. The molecule has 2 aromatic heterocycles. The first-order valence-corrected chi connectivity index (χ1v) is 7.47. The fourth-order valence-electron chi connectivity index (χ4n) is 2.86. The minimum atomic E-state index is -1.09. The lowest BCUT2D eigenvalue weighted by Crippen LogP contribution is -2.18. The zero-order valence-electron chi connectivity index (χ0n) is 12.6. The summed E-state index contributed by atoms with van der Waals surface area (Å²) in [6, 6.07) is 5.89. The van der Waals surface area contributed by atoms with Gasteiger partial charge in [0.2, 0.25) is 0 Å². The van der Waals surface area contributed by atoms with Gasteiger partial charge >= 0.3 is 11.6 Å². The molecule has 0 aliphatic carbocycles. The molecule has 3 aromatic rings. The number of carboxylic acid groups (broad SMARTS) is 1. The second-order valence-corrected chi connectivity index (χ2v) is 5.87. The van der Waals surface area contributed by atoms with E-state index in [4.69, 9.17) is 16.0 Å². The molecule has 0 saturated carbocycles. The van der Waals surface area contributed by atoms with Gasteiger partial charge in [-0.15, -0.1) is 0 Å².